The van der Waals surface area contributed by atoms with Gasteiger partial charge in [0.25, 0.3) is 0 Å². The minimum atomic E-state index is 0.850. The van der Waals surface area contributed by atoms with Gasteiger partial charge in [0.1, 0.15) is 0 Å². The minimum Gasteiger partial charge on any atom is -0.397 e. The Balaban J connectivity index is 2.85. The van der Waals surface area contributed by atoms with Gasteiger partial charge in [-0.3, -0.25) is 0 Å². The Labute approximate surface area is 93.4 Å². The van der Waals surface area contributed by atoms with E-state index in [1.54, 1.807) is 23.1 Å². The molecule has 1 aromatic heterocycles. The van der Waals surface area contributed by atoms with E-state index >= 15 is 0 Å². The van der Waals surface area contributed by atoms with Gasteiger partial charge in [-0.15, -0.1) is 23.1 Å². The smallest absolute Gasteiger partial charge is 0.0558 e. The summed E-state index contributed by atoms with van der Waals surface area (Å²) in [4.78, 5) is 1.26. The molecule has 0 atom stereocenters. The van der Waals surface area contributed by atoms with Crippen molar-refractivity contribution in [2.75, 3.05) is 12.0 Å². The molecular weight excluding hydrogens is 266 g/mol. The van der Waals surface area contributed by atoms with E-state index in [0.717, 1.165) is 10.2 Å². The highest BCUT2D eigenvalue weighted by molar-refractivity contribution is 9.10. The first-order valence-corrected chi connectivity index (χ1v) is 6.63. The average molecular weight is 274 g/mol. The van der Waals surface area contributed by atoms with Crippen molar-refractivity contribution in [2.45, 2.75) is 4.90 Å². The molecule has 2 aromatic rings. The van der Waals surface area contributed by atoms with E-state index in [1.807, 2.05) is 6.07 Å². The average Bonchev–Trinajstić information content (AvgIpc) is 2.55. The van der Waals surface area contributed by atoms with E-state index in [9.17, 15) is 0 Å². The summed E-state index contributed by atoms with van der Waals surface area (Å²) < 4.78 is 2.23. The summed E-state index contributed by atoms with van der Waals surface area (Å²) in [6, 6.07) is 4.10. The number of thioether (sulfide) groups is 1. The predicted octanol–water partition coefficient (Wildman–Crippen LogP) is 3.97. The number of nitrogen functional groups attached to an aromatic ring is 1. The van der Waals surface area contributed by atoms with Crippen LogP contribution in [0.5, 0.6) is 0 Å². The molecule has 0 spiro atoms. The van der Waals surface area contributed by atoms with Crippen molar-refractivity contribution in [2.24, 2.45) is 0 Å². The molecule has 0 radical (unpaired) electrons. The molecule has 0 amide bonds. The molecule has 1 aromatic carbocycles. The highest BCUT2D eigenvalue weighted by Crippen LogP contribution is 2.39. The fourth-order valence-electron chi connectivity index (χ4n) is 1.25. The van der Waals surface area contributed by atoms with Gasteiger partial charge in [0.15, 0.2) is 0 Å². The molecule has 1 heterocycles. The van der Waals surface area contributed by atoms with Gasteiger partial charge in [-0.25, -0.2) is 0 Å². The number of fused-ring (bicyclic) bond motifs is 1. The molecule has 0 aliphatic heterocycles. The van der Waals surface area contributed by atoms with Gasteiger partial charge >= 0.3 is 0 Å². The van der Waals surface area contributed by atoms with Gasteiger partial charge in [0.05, 0.1) is 5.69 Å². The van der Waals surface area contributed by atoms with Crippen LogP contribution in [0.25, 0.3) is 10.1 Å². The van der Waals surface area contributed by atoms with Crippen LogP contribution in [0.2, 0.25) is 0 Å². The van der Waals surface area contributed by atoms with Gasteiger partial charge in [0, 0.05) is 24.8 Å². The van der Waals surface area contributed by atoms with Gasteiger partial charge < -0.3 is 5.73 Å². The molecule has 0 fully saturated rings. The zero-order chi connectivity index (χ0) is 9.42. The molecule has 1 nitrogen and oxygen atoms in total. The lowest BCUT2D eigenvalue weighted by molar-refractivity contribution is 1.63. The van der Waals surface area contributed by atoms with E-state index in [2.05, 4.69) is 33.6 Å². The maximum absolute atomic E-state index is 5.99. The summed E-state index contributed by atoms with van der Waals surface area (Å²) in [5.74, 6) is 0. The van der Waals surface area contributed by atoms with E-state index in [-0.39, 0.29) is 0 Å². The fourth-order valence-corrected chi connectivity index (χ4v) is 3.44. The highest BCUT2D eigenvalue weighted by atomic mass is 79.9. The third-order valence-corrected chi connectivity index (χ3v) is 4.46. The second kappa shape index (κ2) is 3.52. The Kier molecular flexibility index (Phi) is 2.53. The monoisotopic (exact) mass is 273 g/mol. The molecule has 13 heavy (non-hydrogen) atoms. The molecule has 0 aliphatic carbocycles. The highest BCUT2D eigenvalue weighted by Gasteiger charge is 2.08. The lowest BCUT2D eigenvalue weighted by Gasteiger charge is -2.01. The summed E-state index contributed by atoms with van der Waals surface area (Å²) >= 11 is 6.91. The first-order valence-electron chi connectivity index (χ1n) is 3.73. The number of hydrogen-bond donors (Lipinski definition) is 1. The SMILES string of the molecule is CSc1csc2ccc(Br)c(N)c12. The van der Waals surface area contributed by atoms with Crippen molar-refractivity contribution >= 4 is 54.8 Å². The summed E-state index contributed by atoms with van der Waals surface area (Å²) in [5, 5.41) is 3.34. The van der Waals surface area contributed by atoms with Crippen molar-refractivity contribution in [1.82, 2.24) is 0 Å². The third kappa shape index (κ3) is 1.47. The van der Waals surface area contributed by atoms with Crippen LogP contribution in [0.4, 0.5) is 5.69 Å². The first-order chi connectivity index (χ1) is 6.24. The number of rotatable bonds is 1. The first kappa shape index (κ1) is 9.37. The Morgan fingerprint density at radius 3 is 2.92 bits per heavy atom. The molecular formula is C9H8BrNS2. The van der Waals surface area contributed by atoms with E-state index < -0.39 is 0 Å². The molecule has 2 N–H and O–H groups in total. The van der Waals surface area contributed by atoms with Crippen LogP contribution in [0.15, 0.2) is 26.9 Å². The molecule has 0 bridgehead atoms. The molecule has 0 aliphatic rings. The largest absolute Gasteiger partial charge is 0.397 e. The Morgan fingerprint density at radius 1 is 1.46 bits per heavy atom. The second-order valence-electron chi connectivity index (χ2n) is 2.64. The van der Waals surface area contributed by atoms with E-state index in [4.69, 9.17) is 5.73 Å². The minimum absolute atomic E-state index is 0.850. The van der Waals surface area contributed by atoms with Crippen molar-refractivity contribution in [3.63, 3.8) is 0 Å². The molecule has 2 rings (SSSR count). The van der Waals surface area contributed by atoms with Crippen LogP contribution in [0.1, 0.15) is 0 Å². The van der Waals surface area contributed by atoms with Crippen molar-refractivity contribution in [1.29, 1.82) is 0 Å². The van der Waals surface area contributed by atoms with Gasteiger partial charge in [-0.05, 0) is 34.3 Å². The number of halogens is 1. The normalized spacial score (nSPS) is 10.9. The quantitative estimate of drug-likeness (QED) is 0.629. The predicted molar refractivity (Wildman–Crippen MR) is 65.7 cm³/mol. The third-order valence-electron chi connectivity index (χ3n) is 1.91. The molecule has 68 valence electrons. The Bertz CT molecular complexity index is 450. The van der Waals surface area contributed by atoms with E-state index in [0.29, 0.717) is 0 Å². The Morgan fingerprint density at radius 2 is 2.23 bits per heavy atom. The molecule has 0 saturated carbocycles. The number of benzene rings is 1. The van der Waals surface area contributed by atoms with Crippen molar-refractivity contribution in [3.8, 4) is 0 Å². The van der Waals surface area contributed by atoms with Gasteiger partial charge in [0.2, 0.25) is 0 Å². The van der Waals surface area contributed by atoms with Crippen LogP contribution >= 0.6 is 39.0 Å². The van der Waals surface area contributed by atoms with Crippen LogP contribution in [0, 0.1) is 0 Å². The van der Waals surface area contributed by atoms with Gasteiger partial charge in [-0.2, -0.15) is 0 Å². The number of anilines is 1. The van der Waals surface area contributed by atoms with Crippen LogP contribution in [-0.2, 0) is 0 Å². The molecule has 4 heteroatoms. The second-order valence-corrected chi connectivity index (χ2v) is 5.25. The molecule has 0 unspecified atom stereocenters. The van der Waals surface area contributed by atoms with Crippen LogP contribution < -0.4 is 5.73 Å². The summed E-state index contributed by atoms with van der Waals surface area (Å²) in [6.45, 7) is 0. The summed E-state index contributed by atoms with van der Waals surface area (Å²) in [7, 11) is 0. The number of nitrogens with two attached hydrogens (primary N) is 1. The topological polar surface area (TPSA) is 26.0 Å². The lowest BCUT2D eigenvalue weighted by atomic mass is 10.2. The van der Waals surface area contributed by atoms with Gasteiger partial charge in [-0.1, -0.05) is 0 Å². The standard InChI is InChI=1S/C9H8BrNS2/c1-12-7-4-13-6-3-2-5(10)9(11)8(6)7/h2-4H,11H2,1H3. The lowest BCUT2D eigenvalue weighted by Crippen LogP contribution is -1.87. The number of thiophene rings is 1. The maximum Gasteiger partial charge on any atom is 0.0558 e. The molecule has 0 saturated heterocycles. The fraction of sp³-hybridized carbons (Fsp3) is 0.111. The van der Waals surface area contributed by atoms with Crippen molar-refractivity contribution < 1.29 is 0 Å². The zero-order valence-electron chi connectivity index (χ0n) is 7.00. The summed E-state index contributed by atoms with van der Waals surface area (Å²) in [6.07, 6.45) is 2.07. The zero-order valence-corrected chi connectivity index (χ0v) is 10.2. The van der Waals surface area contributed by atoms with Crippen molar-refractivity contribution in [3.05, 3.63) is 22.0 Å². The van der Waals surface area contributed by atoms with Crippen LogP contribution in [-0.4, -0.2) is 6.26 Å². The summed E-state index contributed by atoms with van der Waals surface area (Å²) in [5.41, 5.74) is 6.84. The number of hydrogen-bond acceptors (Lipinski definition) is 3. The maximum atomic E-state index is 5.99. The van der Waals surface area contributed by atoms with Crippen LogP contribution in [0.3, 0.4) is 0 Å². The Hall–Kier alpha value is -0.190. The van der Waals surface area contributed by atoms with E-state index in [1.165, 1.54) is 15.0 Å².